The SMILES string of the molecule is C[C@@H](O)C(=O)N1CCCN2c3ccccc3CC2C1. The second-order valence-electron chi connectivity index (χ2n) is 5.49. The Morgan fingerprint density at radius 3 is 2.95 bits per heavy atom. The third kappa shape index (κ3) is 2.21. The zero-order valence-corrected chi connectivity index (χ0v) is 11.2. The molecule has 19 heavy (non-hydrogen) atoms. The quantitative estimate of drug-likeness (QED) is 0.820. The van der Waals surface area contributed by atoms with Crippen molar-refractivity contribution in [3.63, 3.8) is 0 Å². The van der Waals surface area contributed by atoms with Crippen molar-refractivity contribution in [3.8, 4) is 0 Å². The maximum absolute atomic E-state index is 12.0. The Hall–Kier alpha value is -1.55. The van der Waals surface area contributed by atoms with Crippen molar-refractivity contribution in [3.05, 3.63) is 29.8 Å². The standard InChI is InChI=1S/C15H20N2O2/c1-11(18)15(19)16-7-4-8-17-13(10-16)9-12-5-2-3-6-14(12)17/h2-3,5-6,11,13,18H,4,7-10H2,1H3/t11-,13?/m1/s1. The molecule has 0 spiro atoms. The molecule has 1 aromatic rings. The van der Waals surface area contributed by atoms with Crippen LogP contribution < -0.4 is 4.90 Å². The van der Waals surface area contributed by atoms with Gasteiger partial charge < -0.3 is 14.9 Å². The van der Waals surface area contributed by atoms with Crippen molar-refractivity contribution < 1.29 is 9.90 Å². The molecule has 0 bridgehead atoms. The van der Waals surface area contributed by atoms with E-state index in [2.05, 4.69) is 29.2 Å². The largest absolute Gasteiger partial charge is 0.384 e. The second kappa shape index (κ2) is 4.85. The van der Waals surface area contributed by atoms with Crippen LogP contribution >= 0.6 is 0 Å². The van der Waals surface area contributed by atoms with E-state index in [1.807, 2.05) is 4.90 Å². The number of amides is 1. The fraction of sp³-hybridized carbons (Fsp3) is 0.533. The molecule has 4 nitrogen and oxygen atoms in total. The average Bonchev–Trinajstić information content (AvgIpc) is 2.61. The summed E-state index contributed by atoms with van der Waals surface area (Å²) in [6.07, 6.45) is 1.07. The lowest BCUT2D eigenvalue weighted by atomic mass is 10.1. The van der Waals surface area contributed by atoms with E-state index < -0.39 is 6.10 Å². The van der Waals surface area contributed by atoms with Crippen molar-refractivity contribution in [1.82, 2.24) is 4.90 Å². The summed E-state index contributed by atoms with van der Waals surface area (Å²) in [4.78, 5) is 16.2. The molecular formula is C15H20N2O2. The fourth-order valence-electron chi connectivity index (χ4n) is 3.23. The molecular weight excluding hydrogens is 240 g/mol. The Bertz CT molecular complexity index is 487. The first-order chi connectivity index (χ1) is 9.16. The maximum atomic E-state index is 12.0. The summed E-state index contributed by atoms with van der Waals surface area (Å²) in [7, 11) is 0. The van der Waals surface area contributed by atoms with Gasteiger partial charge in [-0.2, -0.15) is 0 Å². The van der Waals surface area contributed by atoms with E-state index in [-0.39, 0.29) is 5.91 Å². The second-order valence-corrected chi connectivity index (χ2v) is 5.49. The van der Waals surface area contributed by atoms with Gasteiger partial charge in [0.15, 0.2) is 0 Å². The average molecular weight is 260 g/mol. The monoisotopic (exact) mass is 260 g/mol. The first-order valence-corrected chi connectivity index (χ1v) is 6.98. The van der Waals surface area contributed by atoms with E-state index in [1.165, 1.54) is 11.3 Å². The van der Waals surface area contributed by atoms with E-state index in [0.717, 1.165) is 32.5 Å². The number of para-hydroxylation sites is 1. The number of fused-ring (bicyclic) bond motifs is 3. The smallest absolute Gasteiger partial charge is 0.251 e. The van der Waals surface area contributed by atoms with Gasteiger partial charge in [-0.05, 0) is 31.4 Å². The van der Waals surface area contributed by atoms with Crippen LogP contribution in [0.25, 0.3) is 0 Å². The number of hydrogen-bond donors (Lipinski definition) is 1. The number of anilines is 1. The van der Waals surface area contributed by atoms with E-state index in [0.29, 0.717) is 6.04 Å². The first-order valence-electron chi connectivity index (χ1n) is 6.98. The van der Waals surface area contributed by atoms with Crippen LogP contribution in [-0.4, -0.2) is 47.7 Å². The molecule has 1 aromatic carbocycles. The molecule has 0 aromatic heterocycles. The number of carbonyl (C=O) groups excluding carboxylic acids is 1. The summed E-state index contributed by atoms with van der Waals surface area (Å²) in [6, 6.07) is 8.85. The molecule has 2 aliphatic heterocycles. The van der Waals surface area contributed by atoms with E-state index in [1.54, 1.807) is 6.92 Å². The molecule has 0 aliphatic carbocycles. The summed E-state index contributed by atoms with van der Waals surface area (Å²) in [5.41, 5.74) is 2.69. The Morgan fingerprint density at radius 1 is 1.37 bits per heavy atom. The van der Waals surface area contributed by atoms with Crippen molar-refractivity contribution in [2.45, 2.75) is 31.9 Å². The van der Waals surface area contributed by atoms with Crippen LogP contribution in [0.1, 0.15) is 18.9 Å². The highest BCUT2D eigenvalue weighted by molar-refractivity contribution is 5.80. The summed E-state index contributed by atoms with van der Waals surface area (Å²) < 4.78 is 0. The number of aliphatic hydroxyl groups excluding tert-OH is 1. The van der Waals surface area contributed by atoms with Crippen molar-refractivity contribution >= 4 is 11.6 Å². The Morgan fingerprint density at radius 2 is 2.16 bits per heavy atom. The van der Waals surface area contributed by atoms with Gasteiger partial charge in [0, 0.05) is 25.3 Å². The van der Waals surface area contributed by atoms with Crippen molar-refractivity contribution in [1.29, 1.82) is 0 Å². The molecule has 1 fully saturated rings. The summed E-state index contributed by atoms with van der Waals surface area (Å²) in [6.45, 7) is 4.01. The summed E-state index contributed by atoms with van der Waals surface area (Å²) in [5, 5.41) is 9.47. The van der Waals surface area contributed by atoms with Crippen molar-refractivity contribution in [2.75, 3.05) is 24.5 Å². The molecule has 2 atom stereocenters. The Kier molecular flexibility index (Phi) is 3.19. The molecule has 1 saturated heterocycles. The fourth-order valence-corrected chi connectivity index (χ4v) is 3.23. The predicted molar refractivity (Wildman–Crippen MR) is 74.2 cm³/mol. The van der Waals surface area contributed by atoms with Gasteiger partial charge in [0.25, 0.3) is 5.91 Å². The Balaban J connectivity index is 1.80. The number of rotatable bonds is 1. The van der Waals surface area contributed by atoms with Crippen LogP contribution in [-0.2, 0) is 11.2 Å². The highest BCUT2D eigenvalue weighted by Crippen LogP contribution is 2.33. The van der Waals surface area contributed by atoms with Crippen molar-refractivity contribution in [2.24, 2.45) is 0 Å². The van der Waals surface area contributed by atoms with Crippen LogP contribution in [0.2, 0.25) is 0 Å². The molecule has 3 rings (SSSR count). The van der Waals surface area contributed by atoms with Gasteiger partial charge in [-0.1, -0.05) is 18.2 Å². The van der Waals surface area contributed by atoms with E-state index in [4.69, 9.17) is 0 Å². The normalized spacial score (nSPS) is 23.6. The van der Waals surface area contributed by atoms with Gasteiger partial charge in [-0.15, -0.1) is 0 Å². The third-order valence-electron chi connectivity index (χ3n) is 4.12. The summed E-state index contributed by atoms with van der Waals surface area (Å²) in [5.74, 6) is -0.141. The minimum absolute atomic E-state index is 0.141. The lowest BCUT2D eigenvalue weighted by molar-refractivity contribution is -0.139. The lowest BCUT2D eigenvalue weighted by Gasteiger charge is -2.28. The third-order valence-corrected chi connectivity index (χ3v) is 4.12. The zero-order valence-electron chi connectivity index (χ0n) is 11.2. The van der Waals surface area contributed by atoms with E-state index in [9.17, 15) is 9.90 Å². The number of carbonyl (C=O) groups is 1. The lowest BCUT2D eigenvalue weighted by Crippen LogP contribution is -2.44. The molecule has 1 unspecified atom stereocenters. The number of benzene rings is 1. The number of nitrogens with zero attached hydrogens (tertiary/aromatic N) is 2. The van der Waals surface area contributed by atoms with Crippen LogP contribution in [0.15, 0.2) is 24.3 Å². The molecule has 0 saturated carbocycles. The van der Waals surface area contributed by atoms with Crippen LogP contribution in [0, 0.1) is 0 Å². The molecule has 2 heterocycles. The van der Waals surface area contributed by atoms with E-state index >= 15 is 0 Å². The van der Waals surface area contributed by atoms with Gasteiger partial charge in [0.1, 0.15) is 6.10 Å². The molecule has 2 aliphatic rings. The first kappa shape index (κ1) is 12.5. The Labute approximate surface area is 113 Å². The number of hydrogen-bond acceptors (Lipinski definition) is 3. The zero-order chi connectivity index (χ0) is 13.4. The minimum atomic E-state index is -0.893. The van der Waals surface area contributed by atoms with Gasteiger partial charge in [0.05, 0.1) is 6.04 Å². The molecule has 102 valence electrons. The number of aliphatic hydroxyl groups is 1. The predicted octanol–water partition coefficient (Wildman–Crippen LogP) is 1.03. The summed E-state index contributed by atoms with van der Waals surface area (Å²) >= 11 is 0. The molecule has 0 radical (unpaired) electrons. The molecule has 4 heteroatoms. The van der Waals surface area contributed by atoms with Gasteiger partial charge in [-0.3, -0.25) is 4.79 Å². The van der Waals surface area contributed by atoms with Crippen LogP contribution in [0.5, 0.6) is 0 Å². The minimum Gasteiger partial charge on any atom is -0.384 e. The molecule has 1 N–H and O–H groups in total. The van der Waals surface area contributed by atoms with Crippen LogP contribution in [0.4, 0.5) is 5.69 Å². The maximum Gasteiger partial charge on any atom is 0.251 e. The van der Waals surface area contributed by atoms with Gasteiger partial charge in [-0.25, -0.2) is 0 Å². The van der Waals surface area contributed by atoms with Gasteiger partial charge >= 0.3 is 0 Å². The van der Waals surface area contributed by atoms with Gasteiger partial charge in [0.2, 0.25) is 0 Å². The topological polar surface area (TPSA) is 43.8 Å². The highest BCUT2D eigenvalue weighted by Gasteiger charge is 2.34. The van der Waals surface area contributed by atoms with Crippen LogP contribution in [0.3, 0.4) is 0 Å². The molecule has 1 amide bonds. The highest BCUT2D eigenvalue weighted by atomic mass is 16.3.